The normalized spacial score (nSPS) is 15.2. The molecule has 1 unspecified atom stereocenters. The van der Waals surface area contributed by atoms with Gasteiger partial charge in [0.05, 0.1) is 5.60 Å². The van der Waals surface area contributed by atoms with Gasteiger partial charge >= 0.3 is 0 Å². The molecule has 0 spiro atoms. The molecule has 4 heteroatoms. The van der Waals surface area contributed by atoms with E-state index in [1.807, 2.05) is 18.7 Å². The van der Waals surface area contributed by atoms with Gasteiger partial charge in [0.15, 0.2) is 0 Å². The Labute approximate surface area is 97.8 Å². The molecule has 0 aliphatic carbocycles. The molecule has 92 valence electrons. The van der Waals surface area contributed by atoms with E-state index in [1.165, 1.54) is 0 Å². The Balaban J connectivity index is 3.29. The van der Waals surface area contributed by atoms with Gasteiger partial charge in [0, 0.05) is 20.3 Å². The Morgan fingerprint density at radius 1 is 1.33 bits per heavy atom. The third kappa shape index (κ3) is 8.08. The van der Waals surface area contributed by atoms with Crippen LogP contribution < -0.4 is 5.73 Å². The Bertz CT molecular complexity index is 141. The molecule has 3 nitrogen and oxygen atoms in total. The topological polar surface area (TPSA) is 55.5 Å². The predicted octanol–water partition coefficient (Wildman–Crippen LogP) is 1.64. The van der Waals surface area contributed by atoms with Crippen molar-refractivity contribution >= 4 is 11.8 Å². The monoisotopic (exact) mass is 235 g/mol. The van der Waals surface area contributed by atoms with E-state index in [2.05, 4.69) is 0 Å². The largest absolute Gasteiger partial charge is 0.389 e. The summed E-state index contributed by atoms with van der Waals surface area (Å²) in [5, 5.41) is 9.92. The lowest BCUT2D eigenvalue weighted by molar-refractivity contribution is 0.0360. The predicted molar refractivity (Wildman–Crippen MR) is 67.3 cm³/mol. The van der Waals surface area contributed by atoms with E-state index in [9.17, 15) is 5.11 Å². The van der Waals surface area contributed by atoms with Crippen molar-refractivity contribution in [2.75, 3.05) is 31.8 Å². The molecule has 0 aliphatic heterocycles. The fraction of sp³-hybridized carbons (Fsp3) is 1.00. The van der Waals surface area contributed by atoms with Gasteiger partial charge < -0.3 is 15.6 Å². The Morgan fingerprint density at radius 3 is 2.53 bits per heavy atom. The molecule has 0 aliphatic rings. The maximum Gasteiger partial charge on any atom is 0.0767 e. The van der Waals surface area contributed by atoms with Crippen molar-refractivity contribution in [3.63, 3.8) is 0 Å². The van der Waals surface area contributed by atoms with Gasteiger partial charge in [-0.25, -0.2) is 0 Å². The van der Waals surface area contributed by atoms with Gasteiger partial charge in [-0.05, 0) is 37.2 Å². The highest BCUT2D eigenvalue weighted by Gasteiger charge is 2.21. The van der Waals surface area contributed by atoms with Crippen LogP contribution in [-0.2, 0) is 4.74 Å². The summed E-state index contributed by atoms with van der Waals surface area (Å²) in [6, 6.07) is 0. The van der Waals surface area contributed by atoms with Crippen LogP contribution in [0.15, 0.2) is 0 Å². The fourth-order valence-electron chi connectivity index (χ4n) is 1.33. The van der Waals surface area contributed by atoms with Crippen molar-refractivity contribution in [1.82, 2.24) is 0 Å². The highest BCUT2D eigenvalue weighted by atomic mass is 32.2. The van der Waals surface area contributed by atoms with Gasteiger partial charge in [-0.15, -0.1) is 0 Å². The standard InChI is InChI=1S/C11H25NO2S/c1-3-11(13,10-12)6-4-8-15-9-5-7-14-2/h13H,3-10,12H2,1-2H3. The van der Waals surface area contributed by atoms with Crippen LogP contribution in [0.1, 0.15) is 32.6 Å². The summed E-state index contributed by atoms with van der Waals surface area (Å²) in [6.45, 7) is 3.20. The van der Waals surface area contributed by atoms with Gasteiger partial charge in [-0.1, -0.05) is 6.92 Å². The molecule has 1 atom stereocenters. The maximum absolute atomic E-state index is 9.92. The molecular weight excluding hydrogens is 210 g/mol. The van der Waals surface area contributed by atoms with Gasteiger partial charge in [-0.2, -0.15) is 11.8 Å². The average molecular weight is 235 g/mol. The second kappa shape index (κ2) is 9.46. The van der Waals surface area contributed by atoms with E-state index in [-0.39, 0.29) is 0 Å². The molecule has 0 bridgehead atoms. The summed E-state index contributed by atoms with van der Waals surface area (Å²) in [4.78, 5) is 0. The molecule has 3 N–H and O–H groups in total. The number of methoxy groups -OCH3 is 1. The van der Waals surface area contributed by atoms with Gasteiger partial charge in [0.25, 0.3) is 0 Å². The minimum atomic E-state index is -0.632. The van der Waals surface area contributed by atoms with E-state index >= 15 is 0 Å². The van der Waals surface area contributed by atoms with Crippen LogP contribution in [0, 0.1) is 0 Å². The van der Waals surface area contributed by atoms with E-state index in [1.54, 1.807) is 7.11 Å². The van der Waals surface area contributed by atoms with E-state index in [0.29, 0.717) is 6.54 Å². The number of hydrogen-bond acceptors (Lipinski definition) is 4. The molecule has 0 aromatic rings. The molecule has 0 aromatic heterocycles. The molecule has 0 amide bonds. The van der Waals surface area contributed by atoms with Crippen LogP contribution >= 0.6 is 11.8 Å². The average Bonchev–Trinajstić information content (AvgIpc) is 2.27. The summed E-state index contributed by atoms with van der Waals surface area (Å²) in [5.74, 6) is 2.24. The van der Waals surface area contributed by atoms with Crippen molar-refractivity contribution in [2.24, 2.45) is 5.73 Å². The van der Waals surface area contributed by atoms with Crippen molar-refractivity contribution < 1.29 is 9.84 Å². The fourth-order valence-corrected chi connectivity index (χ4v) is 2.21. The number of nitrogens with two attached hydrogens (primary N) is 1. The number of ether oxygens (including phenoxy) is 1. The number of aliphatic hydroxyl groups is 1. The van der Waals surface area contributed by atoms with Gasteiger partial charge in [0.1, 0.15) is 0 Å². The first-order valence-corrected chi connectivity index (χ1v) is 6.83. The SMILES string of the molecule is CCC(O)(CN)CCCSCCCOC. The quantitative estimate of drug-likeness (QED) is 0.565. The molecule has 0 rings (SSSR count). The van der Waals surface area contributed by atoms with E-state index in [4.69, 9.17) is 10.5 Å². The Kier molecular flexibility index (Phi) is 9.60. The lowest BCUT2D eigenvalue weighted by atomic mass is 9.95. The van der Waals surface area contributed by atoms with Crippen LogP contribution in [0.25, 0.3) is 0 Å². The zero-order valence-corrected chi connectivity index (χ0v) is 10.8. The summed E-state index contributed by atoms with van der Waals surface area (Å²) >= 11 is 1.92. The van der Waals surface area contributed by atoms with E-state index in [0.717, 1.165) is 43.8 Å². The molecular formula is C11H25NO2S. The summed E-state index contributed by atoms with van der Waals surface area (Å²) < 4.78 is 4.97. The molecule has 0 radical (unpaired) electrons. The van der Waals surface area contributed by atoms with Crippen molar-refractivity contribution in [3.8, 4) is 0 Å². The number of rotatable bonds is 10. The van der Waals surface area contributed by atoms with Crippen LogP contribution in [0.3, 0.4) is 0 Å². The summed E-state index contributed by atoms with van der Waals surface area (Å²) in [7, 11) is 1.73. The molecule has 0 fully saturated rings. The highest BCUT2D eigenvalue weighted by molar-refractivity contribution is 7.99. The second-order valence-corrected chi connectivity index (χ2v) is 5.07. The Morgan fingerprint density at radius 2 is 2.00 bits per heavy atom. The first kappa shape index (κ1) is 15.2. The molecule has 0 aromatic carbocycles. The zero-order valence-electron chi connectivity index (χ0n) is 10.00. The number of hydrogen-bond donors (Lipinski definition) is 2. The lowest BCUT2D eigenvalue weighted by Crippen LogP contribution is -2.36. The second-order valence-electron chi connectivity index (χ2n) is 3.84. The summed E-state index contributed by atoms with van der Waals surface area (Å²) in [6.07, 6.45) is 3.71. The zero-order chi connectivity index (χ0) is 11.6. The number of thioether (sulfide) groups is 1. The summed E-state index contributed by atoms with van der Waals surface area (Å²) in [5.41, 5.74) is 4.89. The van der Waals surface area contributed by atoms with Crippen molar-refractivity contribution in [1.29, 1.82) is 0 Å². The smallest absolute Gasteiger partial charge is 0.0767 e. The highest BCUT2D eigenvalue weighted by Crippen LogP contribution is 2.17. The first-order valence-electron chi connectivity index (χ1n) is 5.67. The van der Waals surface area contributed by atoms with Crippen LogP contribution in [0.2, 0.25) is 0 Å². The molecule has 15 heavy (non-hydrogen) atoms. The third-order valence-corrected chi connectivity index (χ3v) is 3.76. The Hall–Kier alpha value is 0.230. The van der Waals surface area contributed by atoms with Gasteiger partial charge in [0.2, 0.25) is 0 Å². The van der Waals surface area contributed by atoms with E-state index < -0.39 is 5.60 Å². The molecule has 0 saturated carbocycles. The van der Waals surface area contributed by atoms with Gasteiger partial charge in [-0.3, -0.25) is 0 Å². The first-order chi connectivity index (χ1) is 7.18. The van der Waals surface area contributed by atoms with Crippen LogP contribution in [0.5, 0.6) is 0 Å². The third-order valence-electron chi connectivity index (χ3n) is 2.61. The minimum Gasteiger partial charge on any atom is -0.389 e. The lowest BCUT2D eigenvalue weighted by Gasteiger charge is -2.24. The van der Waals surface area contributed by atoms with Crippen molar-refractivity contribution in [3.05, 3.63) is 0 Å². The minimum absolute atomic E-state index is 0.373. The molecule has 0 heterocycles. The van der Waals surface area contributed by atoms with Crippen LogP contribution in [0.4, 0.5) is 0 Å². The molecule has 0 saturated heterocycles. The van der Waals surface area contributed by atoms with Crippen LogP contribution in [-0.4, -0.2) is 42.5 Å². The maximum atomic E-state index is 9.92. The van der Waals surface area contributed by atoms with Crippen molar-refractivity contribution in [2.45, 2.75) is 38.2 Å².